The van der Waals surface area contributed by atoms with E-state index in [9.17, 15) is 28.0 Å². The van der Waals surface area contributed by atoms with Crippen LogP contribution < -0.4 is 15.5 Å². The van der Waals surface area contributed by atoms with Crippen molar-refractivity contribution in [2.24, 2.45) is 5.73 Å². The maximum atomic E-state index is 13.7. The highest BCUT2D eigenvalue weighted by molar-refractivity contribution is 6.06. The highest BCUT2D eigenvalue weighted by Gasteiger charge is 2.21. The van der Waals surface area contributed by atoms with Crippen LogP contribution in [0, 0.1) is 11.6 Å². The molecule has 0 fully saturated rings. The highest BCUT2D eigenvalue weighted by Crippen LogP contribution is 2.22. The van der Waals surface area contributed by atoms with Crippen LogP contribution in [0.25, 0.3) is 0 Å². The van der Waals surface area contributed by atoms with Crippen molar-refractivity contribution in [1.82, 2.24) is 19.9 Å². The molecule has 2 N–H and O–H groups in total. The number of hydrogen-bond acceptors (Lipinski definition) is 10. The molecule has 0 spiro atoms. The molecule has 2 aromatic carbocycles. The number of nitrogens with zero attached hydrogens (tertiary/aromatic N) is 6. The third kappa shape index (κ3) is 10.0. The number of esters is 1. The van der Waals surface area contributed by atoms with Crippen molar-refractivity contribution in [3.63, 3.8) is 0 Å². The largest absolute Gasteiger partial charge is 0.465 e. The summed E-state index contributed by atoms with van der Waals surface area (Å²) in [5, 5.41) is 0. The third-order valence-electron chi connectivity index (χ3n) is 7.77. The monoisotopic (exact) mass is 729 g/mol. The smallest absolute Gasteiger partial charge is 0.339 e. The summed E-state index contributed by atoms with van der Waals surface area (Å²) in [7, 11) is 1.29. The molecule has 2 amide bonds. The summed E-state index contributed by atoms with van der Waals surface area (Å²) < 4.78 is 32.0. The molecule has 4 heterocycles. The van der Waals surface area contributed by atoms with E-state index in [-0.39, 0.29) is 37.2 Å². The fraction of sp³-hybridized carbons (Fsp3) is 0.100. The molecule has 0 unspecified atom stereocenters. The first-order valence-corrected chi connectivity index (χ1v) is 16.3. The van der Waals surface area contributed by atoms with Gasteiger partial charge in [0.25, 0.3) is 11.8 Å². The molecule has 0 atom stereocenters. The molecule has 0 saturated carbocycles. The molecule has 0 radical (unpaired) electrons. The van der Waals surface area contributed by atoms with Crippen molar-refractivity contribution in [2.45, 2.75) is 13.1 Å². The Morgan fingerprint density at radius 3 is 1.46 bits per heavy atom. The van der Waals surface area contributed by atoms with Crippen molar-refractivity contribution in [2.75, 3.05) is 23.5 Å². The number of halogens is 2. The molecule has 14 heteroatoms. The van der Waals surface area contributed by atoms with E-state index in [1.165, 1.54) is 78.1 Å². The van der Waals surface area contributed by atoms with Crippen molar-refractivity contribution >= 4 is 34.9 Å². The second-order valence-electron chi connectivity index (χ2n) is 11.4. The number of carbonyl (C=O) groups excluding carboxylic acids is 4. The van der Waals surface area contributed by atoms with Gasteiger partial charge in [-0.2, -0.15) is 0 Å². The molecule has 272 valence electrons. The summed E-state index contributed by atoms with van der Waals surface area (Å²) in [6.07, 6.45) is 8.82. The first-order valence-electron chi connectivity index (χ1n) is 16.3. The van der Waals surface area contributed by atoms with Crippen LogP contribution in [0.1, 0.15) is 52.8 Å². The summed E-state index contributed by atoms with van der Waals surface area (Å²) in [5.74, 6) is -2.30. The number of benzene rings is 2. The Bertz CT molecular complexity index is 2050. The molecule has 0 aliphatic heterocycles. The molecule has 4 aromatic heterocycles. The number of anilines is 2. The zero-order chi connectivity index (χ0) is 38.5. The molecule has 54 heavy (non-hydrogen) atoms. The summed E-state index contributed by atoms with van der Waals surface area (Å²) >= 11 is 0. The number of methoxy groups -OCH3 is 1. The molecule has 0 bridgehead atoms. The fourth-order valence-electron chi connectivity index (χ4n) is 5.02. The Balaban J connectivity index is 0.000000208. The first-order chi connectivity index (χ1) is 26.2. The fourth-order valence-corrected chi connectivity index (χ4v) is 5.02. The van der Waals surface area contributed by atoms with Gasteiger partial charge >= 0.3 is 5.97 Å². The van der Waals surface area contributed by atoms with E-state index in [1.807, 2.05) is 0 Å². The molecule has 0 aliphatic rings. The van der Waals surface area contributed by atoms with Crippen molar-refractivity contribution in [3.05, 3.63) is 180 Å². The molecule has 6 aromatic rings. The quantitative estimate of drug-likeness (QED) is 0.126. The lowest BCUT2D eigenvalue weighted by Gasteiger charge is -2.22. The Kier molecular flexibility index (Phi) is 13.0. The van der Waals surface area contributed by atoms with Gasteiger partial charge in [-0.05, 0) is 84.9 Å². The lowest BCUT2D eigenvalue weighted by Crippen LogP contribution is -2.31. The van der Waals surface area contributed by atoms with Crippen LogP contribution in [0.15, 0.2) is 134 Å². The van der Waals surface area contributed by atoms with E-state index >= 15 is 0 Å². The molecular formula is C40H33F2N7O5. The van der Waals surface area contributed by atoms with Gasteiger partial charge in [-0.3, -0.25) is 34.3 Å². The van der Waals surface area contributed by atoms with Crippen molar-refractivity contribution in [3.8, 4) is 0 Å². The van der Waals surface area contributed by atoms with Crippen molar-refractivity contribution in [1.29, 1.82) is 0 Å². The number of ether oxygens (including phenoxy) is 1. The van der Waals surface area contributed by atoms with E-state index in [0.29, 0.717) is 45.0 Å². The number of ketones is 1. The van der Waals surface area contributed by atoms with Gasteiger partial charge in [-0.1, -0.05) is 12.1 Å². The minimum atomic E-state index is -0.498. The molecular weight excluding hydrogens is 696 g/mol. The number of amides is 2. The zero-order valence-electron chi connectivity index (χ0n) is 28.9. The van der Waals surface area contributed by atoms with Crippen molar-refractivity contribution < 1.29 is 32.7 Å². The van der Waals surface area contributed by atoms with Crippen LogP contribution >= 0.6 is 0 Å². The summed E-state index contributed by atoms with van der Waals surface area (Å²) in [6.45, 7) is 0.100. The zero-order valence-corrected chi connectivity index (χ0v) is 28.9. The van der Waals surface area contributed by atoms with E-state index < -0.39 is 17.6 Å². The minimum absolute atomic E-state index is 0.0959. The molecule has 12 nitrogen and oxygen atoms in total. The molecule has 6 rings (SSSR count). The van der Waals surface area contributed by atoms with Gasteiger partial charge in [-0.15, -0.1) is 0 Å². The predicted octanol–water partition coefficient (Wildman–Crippen LogP) is 5.85. The standard InChI is InChI=1S/C20H17FN4O2.C20H16FN3O3/c21-16-4-1-5-18(9-16)25(20(27)15-3-2-8-23-11-15)13-17-7-6-14(12-24-17)19(26)10-22;1-27-20(26)15-7-8-17(23-12-15)13-24(18-6-2-5-16(21)10-18)19(25)14-4-3-9-22-11-14/h1-9,11-12H,10,13,22H2;2-12H,13H2,1H3. The SMILES string of the molecule is COC(=O)c1ccc(CN(C(=O)c2cccnc2)c2cccc(F)c2)nc1.NCC(=O)c1ccc(CN(C(=O)c2cccnc2)c2cccc(F)c2)nc1. The number of aromatic nitrogens is 4. The van der Waals surface area contributed by atoms with Crippen LogP contribution in [0.2, 0.25) is 0 Å². The number of rotatable bonds is 11. The third-order valence-corrected chi connectivity index (χ3v) is 7.77. The maximum Gasteiger partial charge on any atom is 0.339 e. The van der Waals surface area contributed by atoms with E-state index in [2.05, 4.69) is 24.7 Å². The Morgan fingerprint density at radius 1 is 0.611 bits per heavy atom. The van der Waals surface area contributed by atoms with Crippen LogP contribution in [-0.2, 0) is 17.8 Å². The van der Waals surface area contributed by atoms with Crippen LogP contribution in [0.4, 0.5) is 20.2 Å². The van der Waals surface area contributed by atoms with Gasteiger partial charge in [0, 0.05) is 54.1 Å². The Morgan fingerprint density at radius 2 is 1.09 bits per heavy atom. The van der Waals surface area contributed by atoms with Gasteiger partial charge in [0.15, 0.2) is 5.78 Å². The van der Waals surface area contributed by atoms with Gasteiger partial charge in [-0.25, -0.2) is 13.6 Å². The number of nitrogens with two attached hydrogens (primary N) is 1. The van der Waals surface area contributed by atoms with Gasteiger partial charge in [0.05, 0.1) is 54.8 Å². The lowest BCUT2D eigenvalue weighted by atomic mass is 10.1. The second-order valence-corrected chi connectivity index (χ2v) is 11.4. The van der Waals surface area contributed by atoms with Crippen LogP contribution in [0.3, 0.4) is 0 Å². The van der Waals surface area contributed by atoms with E-state index in [4.69, 9.17) is 5.73 Å². The average molecular weight is 730 g/mol. The lowest BCUT2D eigenvalue weighted by molar-refractivity contribution is 0.0599. The Hall–Kier alpha value is -7.06. The summed E-state index contributed by atoms with van der Waals surface area (Å²) in [6, 6.07) is 24.5. The number of pyridine rings is 4. The number of hydrogen-bond donors (Lipinski definition) is 1. The van der Waals surface area contributed by atoms with E-state index in [0.717, 1.165) is 0 Å². The number of carbonyl (C=O) groups is 4. The van der Waals surface area contributed by atoms with Crippen LogP contribution in [0.5, 0.6) is 0 Å². The highest BCUT2D eigenvalue weighted by atomic mass is 19.1. The summed E-state index contributed by atoms with van der Waals surface area (Å²) in [5.41, 5.74) is 8.65. The minimum Gasteiger partial charge on any atom is -0.465 e. The number of Topliss-reactive ketones (excluding diaryl/α,β-unsaturated/α-hetero) is 1. The van der Waals surface area contributed by atoms with E-state index in [1.54, 1.807) is 73.1 Å². The first kappa shape index (κ1) is 38.2. The topological polar surface area (TPSA) is 162 Å². The van der Waals surface area contributed by atoms with Gasteiger partial charge in [0.1, 0.15) is 11.6 Å². The Labute approximate surface area is 308 Å². The molecule has 0 aliphatic carbocycles. The summed E-state index contributed by atoms with van der Waals surface area (Å²) in [4.78, 5) is 68.2. The predicted molar refractivity (Wildman–Crippen MR) is 195 cm³/mol. The van der Waals surface area contributed by atoms with Gasteiger partial charge in [0.2, 0.25) is 0 Å². The second kappa shape index (κ2) is 18.4. The average Bonchev–Trinajstić information content (AvgIpc) is 3.22. The normalized spacial score (nSPS) is 10.4. The van der Waals surface area contributed by atoms with Gasteiger partial charge < -0.3 is 20.3 Å². The molecule has 0 saturated heterocycles. The van der Waals surface area contributed by atoms with Crippen LogP contribution in [-0.4, -0.2) is 57.2 Å². The maximum absolute atomic E-state index is 13.7.